The quantitative estimate of drug-likeness (QED) is 0.545. The van der Waals surface area contributed by atoms with Crippen molar-refractivity contribution in [3.05, 3.63) is 54.1 Å². The zero-order chi connectivity index (χ0) is 12.3. The Morgan fingerprint density at radius 1 is 1.06 bits per heavy atom. The van der Waals surface area contributed by atoms with Crippen LogP contribution in [-0.4, -0.2) is 11.0 Å². The van der Waals surface area contributed by atoms with Crippen LogP contribution < -0.4 is 11.1 Å². The van der Waals surface area contributed by atoms with E-state index in [0.29, 0.717) is 11.3 Å². The standard InChI is InChI=1S/C13H12N2O2/c14-10-7-4-8-11(16)12(10)15-13(17)9-5-2-1-3-6-9/h1-8,16H,14H2,(H,15,17). The second-order valence-corrected chi connectivity index (χ2v) is 3.56. The number of carbonyl (C=O) groups excluding carboxylic acids is 1. The van der Waals surface area contributed by atoms with Crippen LogP contribution in [0, 0.1) is 0 Å². The molecule has 0 atom stereocenters. The van der Waals surface area contributed by atoms with Crippen LogP contribution >= 0.6 is 0 Å². The molecule has 17 heavy (non-hydrogen) atoms. The number of hydrogen-bond donors (Lipinski definition) is 3. The lowest BCUT2D eigenvalue weighted by Gasteiger charge is -2.09. The molecule has 0 saturated carbocycles. The highest BCUT2D eigenvalue weighted by atomic mass is 16.3. The summed E-state index contributed by atoms with van der Waals surface area (Å²) < 4.78 is 0. The van der Waals surface area contributed by atoms with Crippen molar-refractivity contribution in [1.29, 1.82) is 0 Å². The summed E-state index contributed by atoms with van der Waals surface area (Å²) in [5.41, 5.74) is 6.75. The van der Waals surface area contributed by atoms with Crippen molar-refractivity contribution < 1.29 is 9.90 Å². The van der Waals surface area contributed by atoms with Gasteiger partial charge in [0, 0.05) is 5.56 Å². The summed E-state index contributed by atoms with van der Waals surface area (Å²) in [5.74, 6) is -0.354. The van der Waals surface area contributed by atoms with Crippen LogP contribution in [0.15, 0.2) is 48.5 Å². The normalized spacial score (nSPS) is 9.88. The molecule has 1 amide bonds. The Labute approximate surface area is 98.7 Å². The van der Waals surface area contributed by atoms with E-state index in [1.54, 1.807) is 36.4 Å². The lowest BCUT2D eigenvalue weighted by Crippen LogP contribution is -2.13. The van der Waals surface area contributed by atoms with Gasteiger partial charge in [-0.2, -0.15) is 0 Å². The number of phenolic OH excluding ortho intramolecular Hbond substituents is 1. The number of carbonyl (C=O) groups is 1. The highest BCUT2D eigenvalue weighted by Gasteiger charge is 2.10. The third-order valence-corrected chi connectivity index (χ3v) is 2.35. The van der Waals surface area contributed by atoms with E-state index in [9.17, 15) is 9.90 Å². The second-order valence-electron chi connectivity index (χ2n) is 3.56. The molecular formula is C13H12N2O2. The maximum atomic E-state index is 11.8. The number of phenols is 1. The van der Waals surface area contributed by atoms with E-state index in [-0.39, 0.29) is 17.3 Å². The Hall–Kier alpha value is -2.49. The Kier molecular flexibility index (Phi) is 2.96. The molecule has 0 fully saturated rings. The summed E-state index contributed by atoms with van der Waals surface area (Å²) in [6, 6.07) is 13.4. The molecule has 0 aromatic heterocycles. The number of anilines is 2. The molecule has 0 saturated heterocycles. The fraction of sp³-hybridized carbons (Fsp3) is 0. The molecule has 0 spiro atoms. The summed E-state index contributed by atoms with van der Waals surface area (Å²) >= 11 is 0. The first-order valence-electron chi connectivity index (χ1n) is 5.12. The minimum atomic E-state index is -0.307. The van der Waals surface area contributed by atoms with Crippen LogP contribution in [0.25, 0.3) is 0 Å². The predicted molar refractivity (Wildman–Crippen MR) is 66.9 cm³/mol. The van der Waals surface area contributed by atoms with E-state index >= 15 is 0 Å². The Balaban J connectivity index is 2.25. The minimum Gasteiger partial charge on any atom is -0.506 e. The van der Waals surface area contributed by atoms with E-state index in [1.165, 1.54) is 6.07 Å². The molecule has 0 radical (unpaired) electrons. The van der Waals surface area contributed by atoms with Gasteiger partial charge in [-0.15, -0.1) is 0 Å². The van der Waals surface area contributed by atoms with Crippen LogP contribution in [0.1, 0.15) is 10.4 Å². The molecule has 2 aromatic carbocycles. The molecule has 0 unspecified atom stereocenters. The molecule has 0 bridgehead atoms. The van der Waals surface area contributed by atoms with Gasteiger partial charge in [0.1, 0.15) is 11.4 Å². The first kappa shape index (κ1) is 11.0. The van der Waals surface area contributed by atoms with Gasteiger partial charge in [-0.1, -0.05) is 24.3 Å². The molecule has 4 N–H and O–H groups in total. The van der Waals surface area contributed by atoms with Crippen LogP contribution in [0.4, 0.5) is 11.4 Å². The number of benzene rings is 2. The van der Waals surface area contributed by atoms with Gasteiger partial charge in [0.05, 0.1) is 5.69 Å². The zero-order valence-corrected chi connectivity index (χ0v) is 9.05. The van der Waals surface area contributed by atoms with Crippen molar-refractivity contribution in [2.75, 3.05) is 11.1 Å². The molecule has 0 heterocycles. The molecule has 0 aliphatic rings. The van der Waals surface area contributed by atoms with Gasteiger partial charge < -0.3 is 16.2 Å². The van der Waals surface area contributed by atoms with Crippen LogP contribution in [0.5, 0.6) is 5.75 Å². The van der Waals surface area contributed by atoms with Crippen molar-refractivity contribution in [1.82, 2.24) is 0 Å². The largest absolute Gasteiger partial charge is 0.506 e. The van der Waals surface area contributed by atoms with E-state index in [4.69, 9.17) is 5.73 Å². The molecule has 86 valence electrons. The van der Waals surface area contributed by atoms with Crippen molar-refractivity contribution in [2.24, 2.45) is 0 Å². The number of aromatic hydroxyl groups is 1. The summed E-state index contributed by atoms with van der Waals surface area (Å²) in [6.07, 6.45) is 0. The topological polar surface area (TPSA) is 75.3 Å². The first-order valence-corrected chi connectivity index (χ1v) is 5.12. The lowest BCUT2D eigenvalue weighted by atomic mass is 10.2. The summed E-state index contributed by atoms with van der Waals surface area (Å²) in [6.45, 7) is 0. The fourth-order valence-corrected chi connectivity index (χ4v) is 1.47. The van der Waals surface area contributed by atoms with E-state index < -0.39 is 0 Å². The number of nitrogen functional groups attached to an aromatic ring is 1. The second kappa shape index (κ2) is 4.57. The lowest BCUT2D eigenvalue weighted by molar-refractivity contribution is 0.102. The summed E-state index contributed by atoms with van der Waals surface area (Å²) in [4.78, 5) is 11.8. The van der Waals surface area contributed by atoms with Gasteiger partial charge in [-0.3, -0.25) is 4.79 Å². The predicted octanol–water partition coefficient (Wildman–Crippen LogP) is 2.23. The monoisotopic (exact) mass is 228 g/mol. The molecular weight excluding hydrogens is 216 g/mol. The molecule has 2 rings (SSSR count). The molecule has 2 aromatic rings. The van der Waals surface area contributed by atoms with Gasteiger partial charge in [0.2, 0.25) is 0 Å². The van der Waals surface area contributed by atoms with Gasteiger partial charge in [-0.25, -0.2) is 0 Å². The van der Waals surface area contributed by atoms with Crippen molar-refractivity contribution in [2.45, 2.75) is 0 Å². The van der Waals surface area contributed by atoms with Gasteiger partial charge in [0.25, 0.3) is 5.91 Å². The number of nitrogens with two attached hydrogens (primary N) is 1. The van der Waals surface area contributed by atoms with Crippen molar-refractivity contribution in [3.63, 3.8) is 0 Å². The Bertz CT molecular complexity index is 518. The van der Waals surface area contributed by atoms with Crippen molar-refractivity contribution in [3.8, 4) is 5.75 Å². The van der Waals surface area contributed by atoms with E-state index in [0.717, 1.165) is 0 Å². The molecule has 4 heteroatoms. The summed E-state index contributed by atoms with van der Waals surface area (Å²) in [5, 5.41) is 12.2. The number of hydrogen-bond acceptors (Lipinski definition) is 3. The van der Waals surface area contributed by atoms with E-state index in [1.807, 2.05) is 6.07 Å². The summed E-state index contributed by atoms with van der Waals surface area (Å²) in [7, 11) is 0. The molecule has 4 nitrogen and oxygen atoms in total. The van der Waals surface area contributed by atoms with Gasteiger partial charge in [0.15, 0.2) is 0 Å². The van der Waals surface area contributed by atoms with Crippen LogP contribution in [0.3, 0.4) is 0 Å². The fourth-order valence-electron chi connectivity index (χ4n) is 1.47. The van der Waals surface area contributed by atoms with Gasteiger partial charge >= 0.3 is 0 Å². The Morgan fingerprint density at radius 3 is 2.41 bits per heavy atom. The number of rotatable bonds is 2. The number of nitrogens with one attached hydrogen (secondary N) is 1. The third-order valence-electron chi connectivity index (χ3n) is 2.35. The van der Waals surface area contributed by atoms with E-state index in [2.05, 4.69) is 5.32 Å². The average molecular weight is 228 g/mol. The minimum absolute atomic E-state index is 0.0470. The van der Waals surface area contributed by atoms with Gasteiger partial charge in [-0.05, 0) is 24.3 Å². The average Bonchev–Trinajstić information content (AvgIpc) is 2.35. The maximum absolute atomic E-state index is 11.8. The van der Waals surface area contributed by atoms with Crippen LogP contribution in [-0.2, 0) is 0 Å². The first-order chi connectivity index (χ1) is 8.18. The third kappa shape index (κ3) is 2.36. The van der Waals surface area contributed by atoms with Crippen molar-refractivity contribution >= 4 is 17.3 Å². The highest BCUT2D eigenvalue weighted by molar-refractivity contribution is 6.06. The molecule has 0 aliphatic carbocycles. The SMILES string of the molecule is Nc1cccc(O)c1NC(=O)c1ccccc1. The number of para-hydroxylation sites is 1. The Morgan fingerprint density at radius 2 is 1.76 bits per heavy atom. The smallest absolute Gasteiger partial charge is 0.255 e. The number of amides is 1. The zero-order valence-electron chi connectivity index (χ0n) is 9.05. The highest BCUT2D eigenvalue weighted by Crippen LogP contribution is 2.29. The van der Waals surface area contributed by atoms with Crippen LogP contribution in [0.2, 0.25) is 0 Å². The maximum Gasteiger partial charge on any atom is 0.255 e. The molecule has 0 aliphatic heterocycles.